The quantitative estimate of drug-likeness (QED) is 0.675. The minimum absolute atomic E-state index is 0.0817. The van der Waals surface area contributed by atoms with Crippen molar-refractivity contribution in [2.75, 3.05) is 18.9 Å². The van der Waals surface area contributed by atoms with Crippen molar-refractivity contribution in [3.05, 3.63) is 11.4 Å². The van der Waals surface area contributed by atoms with Crippen molar-refractivity contribution in [3.63, 3.8) is 0 Å². The maximum atomic E-state index is 11.9. The Morgan fingerprint density at radius 3 is 2.72 bits per heavy atom. The molecule has 1 aromatic rings. The van der Waals surface area contributed by atoms with Gasteiger partial charge in [0.05, 0.1) is 0 Å². The van der Waals surface area contributed by atoms with Crippen LogP contribution in [0, 0.1) is 5.92 Å². The summed E-state index contributed by atoms with van der Waals surface area (Å²) in [5.74, 6) is 0.173. The van der Waals surface area contributed by atoms with Crippen molar-refractivity contribution in [2.24, 2.45) is 5.92 Å². The molecule has 0 aliphatic carbocycles. The Balaban J connectivity index is 2.60. The van der Waals surface area contributed by atoms with Gasteiger partial charge in [0.25, 0.3) is 0 Å². The van der Waals surface area contributed by atoms with Crippen LogP contribution in [0.4, 0.5) is 5.69 Å². The van der Waals surface area contributed by atoms with Gasteiger partial charge in [-0.2, -0.15) is 0 Å². The van der Waals surface area contributed by atoms with Gasteiger partial charge in [-0.1, -0.05) is 13.3 Å². The average molecular weight is 292 g/mol. The van der Waals surface area contributed by atoms with Crippen molar-refractivity contribution >= 4 is 27.0 Å². The van der Waals surface area contributed by atoms with Gasteiger partial charge in [-0.05, 0) is 24.8 Å². The molecule has 0 amide bonds. The third kappa shape index (κ3) is 4.56. The summed E-state index contributed by atoms with van der Waals surface area (Å²) in [6.07, 6.45) is 2.48. The molecule has 0 aliphatic rings. The van der Waals surface area contributed by atoms with Crippen LogP contribution in [0.25, 0.3) is 0 Å². The van der Waals surface area contributed by atoms with Gasteiger partial charge in [-0.25, -0.2) is 13.1 Å². The first kappa shape index (κ1) is 15.4. The average Bonchev–Trinajstić information content (AvgIpc) is 2.74. The monoisotopic (exact) mass is 292 g/mol. The minimum atomic E-state index is -3.46. The number of anilines is 1. The minimum Gasteiger partial charge on any atom is -0.398 e. The summed E-state index contributed by atoms with van der Waals surface area (Å²) >= 11 is 1.11. The Kier molecular flexibility index (Phi) is 6.07. The van der Waals surface area contributed by atoms with Gasteiger partial charge in [0.15, 0.2) is 0 Å². The molecule has 0 radical (unpaired) electrons. The largest absolute Gasteiger partial charge is 0.398 e. The predicted octanol–water partition coefficient (Wildman–Crippen LogP) is 1.41. The van der Waals surface area contributed by atoms with E-state index >= 15 is 0 Å². The molecule has 1 rings (SSSR count). The molecule has 104 valence electrons. The van der Waals surface area contributed by atoms with Crippen LogP contribution in [0.15, 0.2) is 15.7 Å². The maximum Gasteiger partial charge on any atom is 0.250 e. The molecule has 1 unspecified atom stereocenters. The van der Waals surface area contributed by atoms with E-state index in [9.17, 15) is 8.42 Å². The lowest BCUT2D eigenvalue weighted by Gasteiger charge is -2.15. The van der Waals surface area contributed by atoms with Crippen LogP contribution in [0.2, 0.25) is 0 Å². The molecule has 0 aliphatic heterocycles. The molecule has 1 atom stereocenters. The first-order valence-corrected chi connectivity index (χ1v) is 8.30. The van der Waals surface area contributed by atoms with Gasteiger partial charge in [0.2, 0.25) is 10.0 Å². The number of sulfonamides is 1. The molecule has 0 spiro atoms. The van der Waals surface area contributed by atoms with Gasteiger partial charge in [0, 0.05) is 24.2 Å². The van der Waals surface area contributed by atoms with Gasteiger partial charge in [0.1, 0.15) is 4.21 Å². The lowest BCUT2D eigenvalue weighted by molar-refractivity contribution is 0.251. The van der Waals surface area contributed by atoms with Crippen LogP contribution in [-0.2, 0) is 10.0 Å². The van der Waals surface area contributed by atoms with Gasteiger partial charge < -0.3 is 10.8 Å². The number of aliphatic hydroxyl groups is 1. The Morgan fingerprint density at radius 1 is 1.50 bits per heavy atom. The fraction of sp³-hybridized carbons (Fsp3) is 0.636. The van der Waals surface area contributed by atoms with E-state index in [4.69, 9.17) is 10.8 Å². The number of rotatable bonds is 8. The summed E-state index contributed by atoms with van der Waals surface area (Å²) in [6.45, 7) is 2.48. The number of nitrogens with one attached hydrogen (secondary N) is 1. The lowest BCUT2D eigenvalue weighted by Crippen LogP contribution is -2.29. The number of nitrogens with two attached hydrogens (primary N) is 1. The van der Waals surface area contributed by atoms with Crippen LogP contribution in [0.5, 0.6) is 0 Å². The SMILES string of the molecule is CCCC(CCO)CNS(=O)(=O)c1cc(N)cs1. The van der Waals surface area contributed by atoms with Crippen LogP contribution in [0.1, 0.15) is 26.2 Å². The fourth-order valence-electron chi connectivity index (χ4n) is 1.71. The molecule has 0 bridgehead atoms. The summed E-state index contributed by atoms with van der Waals surface area (Å²) in [7, 11) is -3.46. The lowest BCUT2D eigenvalue weighted by atomic mass is 10.0. The van der Waals surface area contributed by atoms with E-state index in [0.717, 1.165) is 24.2 Å². The highest BCUT2D eigenvalue weighted by molar-refractivity contribution is 7.91. The zero-order valence-corrected chi connectivity index (χ0v) is 12.1. The molecular formula is C11H20N2O3S2. The fourth-order valence-corrected chi connectivity index (χ4v) is 3.95. The topological polar surface area (TPSA) is 92.4 Å². The summed E-state index contributed by atoms with van der Waals surface area (Å²) in [4.78, 5) is 0. The maximum absolute atomic E-state index is 11.9. The second kappa shape index (κ2) is 7.08. The molecule has 0 aromatic carbocycles. The molecule has 0 fully saturated rings. The summed E-state index contributed by atoms with van der Waals surface area (Å²) in [5, 5.41) is 10.5. The highest BCUT2D eigenvalue weighted by Gasteiger charge is 2.18. The second-order valence-electron chi connectivity index (χ2n) is 4.22. The van der Waals surface area contributed by atoms with E-state index < -0.39 is 10.0 Å². The standard InChI is InChI=1S/C11H20N2O3S2/c1-2-3-9(4-5-14)7-13-18(15,16)11-6-10(12)8-17-11/h6,8-9,13-14H,2-5,7,12H2,1H3. The highest BCUT2D eigenvalue weighted by atomic mass is 32.2. The number of hydrogen-bond donors (Lipinski definition) is 3. The number of thiophene rings is 1. The third-order valence-electron chi connectivity index (χ3n) is 2.66. The Bertz CT molecular complexity index is 451. The molecule has 18 heavy (non-hydrogen) atoms. The van der Waals surface area contributed by atoms with Gasteiger partial charge in [-0.3, -0.25) is 0 Å². The zero-order chi connectivity index (χ0) is 13.6. The van der Waals surface area contributed by atoms with Crippen molar-refractivity contribution in [2.45, 2.75) is 30.4 Å². The first-order valence-electron chi connectivity index (χ1n) is 5.94. The van der Waals surface area contributed by atoms with Crippen LogP contribution in [-0.4, -0.2) is 26.7 Å². The molecule has 5 nitrogen and oxygen atoms in total. The van der Waals surface area contributed by atoms with Gasteiger partial charge >= 0.3 is 0 Å². The van der Waals surface area contributed by atoms with E-state index in [1.54, 1.807) is 5.38 Å². The normalized spacial score (nSPS) is 13.7. The van der Waals surface area contributed by atoms with Crippen molar-refractivity contribution in [3.8, 4) is 0 Å². The molecule has 0 saturated heterocycles. The van der Waals surface area contributed by atoms with Crippen molar-refractivity contribution < 1.29 is 13.5 Å². The molecule has 0 saturated carbocycles. The number of aliphatic hydroxyl groups excluding tert-OH is 1. The van der Waals surface area contributed by atoms with E-state index in [0.29, 0.717) is 18.7 Å². The number of nitrogen functional groups attached to an aromatic ring is 1. The van der Waals surface area contributed by atoms with Crippen molar-refractivity contribution in [1.82, 2.24) is 4.72 Å². The van der Waals surface area contributed by atoms with Crippen LogP contribution in [0.3, 0.4) is 0 Å². The van der Waals surface area contributed by atoms with Crippen LogP contribution < -0.4 is 10.5 Å². The molecule has 1 aromatic heterocycles. The zero-order valence-electron chi connectivity index (χ0n) is 10.4. The predicted molar refractivity (Wildman–Crippen MR) is 74.0 cm³/mol. The second-order valence-corrected chi connectivity index (χ2v) is 7.12. The summed E-state index contributed by atoms with van der Waals surface area (Å²) < 4.78 is 26.7. The number of hydrogen-bond acceptors (Lipinski definition) is 5. The highest BCUT2D eigenvalue weighted by Crippen LogP contribution is 2.21. The summed E-state index contributed by atoms with van der Waals surface area (Å²) in [6, 6.07) is 1.45. The molecule has 1 heterocycles. The van der Waals surface area contributed by atoms with E-state index in [1.165, 1.54) is 6.07 Å². The summed E-state index contributed by atoms with van der Waals surface area (Å²) in [5.41, 5.74) is 5.97. The van der Waals surface area contributed by atoms with E-state index in [-0.39, 0.29) is 16.7 Å². The first-order chi connectivity index (χ1) is 8.49. The van der Waals surface area contributed by atoms with Crippen LogP contribution >= 0.6 is 11.3 Å². The Morgan fingerprint density at radius 2 is 2.22 bits per heavy atom. The van der Waals surface area contributed by atoms with Crippen molar-refractivity contribution in [1.29, 1.82) is 0 Å². The molecular weight excluding hydrogens is 272 g/mol. The smallest absolute Gasteiger partial charge is 0.250 e. The Labute approximate surface area is 112 Å². The van der Waals surface area contributed by atoms with E-state index in [1.807, 2.05) is 6.92 Å². The molecule has 7 heteroatoms. The third-order valence-corrected chi connectivity index (χ3v) is 5.54. The van der Waals surface area contributed by atoms with E-state index in [2.05, 4.69) is 4.72 Å². The molecule has 4 N–H and O–H groups in total. The Hall–Kier alpha value is -0.630. The van der Waals surface area contributed by atoms with Gasteiger partial charge in [-0.15, -0.1) is 11.3 Å².